The van der Waals surface area contributed by atoms with Crippen LogP contribution in [0.25, 0.3) is 21.5 Å². The van der Waals surface area contributed by atoms with Gasteiger partial charge in [0.15, 0.2) is 5.71 Å². The number of carbonyl (C=O) groups is 1. The second-order valence-electron chi connectivity index (χ2n) is 14.0. The monoisotopic (exact) mass is 637 g/mol. The summed E-state index contributed by atoms with van der Waals surface area (Å²) in [4.78, 5) is 14.1. The highest BCUT2D eigenvalue weighted by atomic mass is 16.5. The molecule has 0 atom stereocenters. The van der Waals surface area contributed by atoms with Gasteiger partial charge in [-0.25, -0.2) is 0 Å². The lowest BCUT2D eigenvalue weighted by Crippen LogP contribution is -2.27. The molecule has 0 spiro atoms. The van der Waals surface area contributed by atoms with Crippen molar-refractivity contribution in [3.63, 3.8) is 0 Å². The molecule has 48 heavy (non-hydrogen) atoms. The SMILES string of the molecule is CC[N+]1=C(/C=C/C=C/C=C/C=C2\N(CCCCCC(=O)OC)c3ccc4ccccc4c3C2(C)C)C(C)(C)c2c1ccc1ccccc21. The first kappa shape index (κ1) is 33.2. The van der Waals surface area contributed by atoms with Gasteiger partial charge in [0.25, 0.3) is 0 Å². The van der Waals surface area contributed by atoms with Gasteiger partial charge < -0.3 is 9.64 Å². The molecule has 2 aliphatic rings. The summed E-state index contributed by atoms with van der Waals surface area (Å²) in [6.07, 6.45) is 18.6. The zero-order chi connectivity index (χ0) is 33.9. The van der Waals surface area contributed by atoms with Crippen LogP contribution in [0.1, 0.15) is 71.4 Å². The van der Waals surface area contributed by atoms with Crippen LogP contribution in [0.2, 0.25) is 0 Å². The van der Waals surface area contributed by atoms with Crippen LogP contribution in [0.3, 0.4) is 0 Å². The number of benzene rings is 4. The molecule has 4 aromatic carbocycles. The van der Waals surface area contributed by atoms with Crippen LogP contribution in [-0.2, 0) is 20.4 Å². The van der Waals surface area contributed by atoms with Crippen molar-refractivity contribution in [1.82, 2.24) is 0 Å². The van der Waals surface area contributed by atoms with E-state index < -0.39 is 0 Å². The van der Waals surface area contributed by atoms with Gasteiger partial charge in [-0.2, -0.15) is 4.58 Å². The van der Waals surface area contributed by atoms with Crippen molar-refractivity contribution in [1.29, 1.82) is 0 Å². The van der Waals surface area contributed by atoms with Crippen molar-refractivity contribution in [2.24, 2.45) is 0 Å². The molecule has 6 rings (SSSR count). The third-order valence-corrected chi connectivity index (χ3v) is 10.3. The highest BCUT2D eigenvalue weighted by Crippen LogP contribution is 2.51. The Morgan fingerprint density at radius 1 is 0.750 bits per heavy atom. The van der Waals surface area contributed by atoms with Crippen LogP contribution in [0.5, 0.6) is 0 Å². The van der Waals surface area contributed by atoms with Gasteiger partial charge in [0, 0.05) is 47.5 Å². The lowest BCUT2D eigenvalue weighted by Gasteiger charge is -2.27. The fourth-order valence-corrected chi connectivity index (χ4v) is 7.96. The number of ether oxygens (including phenoxy) is 1. The normalized spacial score (nSPS) is 17.5. The van der Waals surface area contributed by atoms with Gasteiger partial charge in [-0.05, 0) is 78.9 Å². The number of unbranched alkanes of at least 4 members (excludes halogenated alkanes) is 2. The van der Waals surface area contributed by atoms with Crippen molar-refractivity contribution in [3.05, 3.63) is 132 Å². The number of esters is 1. The molecular formula is C44H49N2O2+. The summed E-state index contributed by atoms with van der Waals surface area (Å²) in [5.74, 6) is -0.130. The largest absolute Gasteiger partial charge is 0.469 e. The van der Waals surface area contributed by atoms with Crippen molar-refractivity contribution in [3.8, 4) is 0 Å². The number of rotatable bonds is 11. The number of nitrogens with zero attached hydrogens (tertiary/aromatic N) is 2. The first-order chi connectivity index (χ1) is 23.2. The highest BCUT2D eigenvalue weighted by molar-refractivity contribution is 6.07. The average Bonchev–Trinajstić information content (AvgIpc) is 3.45. The van der Waals surface area contributed by atoms with E-state index in [-0.39, 0.29) is 16.8 Å². The van der Waals surface area contributed by atoms with Crippen LogP contribution in [-0.4, -0.2) is 36.5 Å². The summed E-state index contributed by atoms with van der Waals surface area (Å²) >= 11 is 0. The van der Waals surface area contributed by atoms with Gasteiger partial charge in [0.1, 0.15) is 6.54 Å². The number of carbonyl (C=O) groups excluding carboxylic acids is 1. The van der Waals surface area contributed by atoms with Crippen LogP contribution < -0.4 is 4.90 Å². The maximum atomic E-state index is 11.6. The Labute approximate surface area is 286 Å². The predicted molar refractivity (Wildman–Crippen MR) is 203 cm³/mol. The number of hydrogen-bond donors (Lipinski definition) is 0. The Morgan fingerprint density at radius 2 is 1.40 bits per heavy atom. The van der Waals surface area contributed by atoms with Gasteiger partial charge in [-0.3, -0.25) is 4.79 Å². The number of fused-ring (bicyclic) bond motifs is 6. The Balaban J connectivity index is 1.22. The molecule has 0 radical (unpaired) electrons. The van der Waals surface area contributed by atoms with Gasteiger partial charge in [0.2, 0.25) is 5.69 Å². The number of anilines is 1. The Morgan fingerprint density at radius 3 is 2.10 bits per heavy atom. The first-order valence-electron chi connectivity index (χ1n) is 17.5. The second kappa shape index (κ2) is 13.8. The van der Waals surface area contributed by atoms with Crippen LogP contribution in [0, 0.1) is 0 Å². The van der Waals surface area contributed by atoms with Gasteiger partial charge in [0.05, 0.1) is 12.5 Å². The summed E-state index contributed by atoms with van der Waals surface area (Å²) in [5.41, 5.74) is 7.79. The molecule has 0 aliphatic carbocycles. The summed E-state index contributed by atoms with van der Waals surface area (Å²) < 4.78 is 7.29. The minimum absolute atomic E-state index is 0.0905. The van der Waals surface area contributed by atoms with Crippen LogP contribution >= 0.6 is 0 Å². The van der Waals surface area contributed by atoms with E-state index in [0.29, 0.717) is 6.42 Å². The van der Waals surface area contributed by atoms with Crippen molar-refractivity contribution in [2.45, 2.75) is 71.1 Å². The van der Waals surface area contributed by atoms with Gasteiger partial charge >= 0.3 is 5.97 Å². The maximum absolute atomic E-state index is 11.6. The fourth-order valence-electron chi connectivity index (χ4n) is 7.96. The van der Waals surface area contributed by atoms with E-state index in [1.165, 1.54) is 62.6 Å². The number of allylic oxidation sites excluding steroid dienone is 8. The molecule has 0 saturated carbocycles. The molecule has 246 valence electrons. The molecule has 0 fully saturated rings. The summed E-state index contributed by atoms with van der Waals surface area (Å²) in [6.45, 7) is 13.5. The molecule has 0 N–H and O–H groups in total. The van der Waals surface area contributed by atoms with Crippen molar-refractivity contribution in [2.75, 3.05) is 25.1 Å². The highest BCUT2D eigenvalue weighted by Gasteiger charge is 2.45. The van der Waals surface area contributed by atoms with E-state index in [1.807, 2.05) is 0 Å². The third-order valence-electron chi connectivity index (χ3n) is 10.3. The zero-order valence-corrected chi connectivity index (χ0v) is 29.4. The van der Waals surface area contributed by atoms with Crippen LogP contribution in [0.4, 0.5) is 11.4 Å². The zero-order valence-electron chi connectivity index (χ0n) is 29.4. The molecule has 2 aliphatic heterocycles. The lowest BCUT2D eigenvalue weighted by molar-refractivity contribution is -0.433. The maximum Gasteiger partial charge on any atom is 0.305 e. The molecule has 0 unspecified atom stereocenters. The molecule has 2 heterocycles. The van der Waals surface area contributed by atoms with Gasteiger partial charge in [-0.15, -0.1) is 0 Å². The van der Waals surface area contributed by atoms with E-state index in [2.05, 4.69) is 159 Å². The topological polar surface area (TPSA) is 32.5 Å². The molecule has 4 aromatic rings. The van der Waals surface area contributed by atoms with Crippen molar-refractivity contribution < 1.29 is 14.1 Å². The Hall–Kier alpha value is -4.70. The Bertz CT molecular complexity index is 2000. The molecular weight excluding hydrogens is 588 g/mol. The summed E-state index contributed by atoms with van der Waals surface area (Å²) in [7, 11) is 1.46. The predicted octanol–water partition coefficient (Wildman–Crippen LogP) is 10.5. The van der Waals surface area contributed by atoms with Crippen molar-refractivity contribution >= 4 is 44.6 Å². The molecule has 0 amide bonds. The number of hydrogen-bond acceptors (Lipinski definition) is 3. The molecule has 0 saturated heterocycles. The minimum atomic E-state index is -0.149. The van der Waals surface area contributed by atoms with E-state index >= 15 is 0 Å². The van der Waals surface area contributed by atoms with E-state index in [9.17, 15) is 4.79 Å². The lowest BCUT2D eigenvalue weighted by atomic mass is 9.79. The molecule has 4 heteroatoms. The van der Waals surface area contributed by atoms with E-state index in [0.717, 1.165) is 32.4 Å². The van der Waals surface area contributed by atoms with E-state index in [1.54, 1.807) is 0 Å². The fraction of sp³-hybridized carbons (Fsp3) is 0.318. The summed E-state index contributed by atoms with van der Waals surface area (Å²) in [5, 5.41) is 5.23. The van der Waals surface area contributed by atoms with Crippen LogP contribution in [0.15, 0.2) is 121 Å². The summed E-state index contributed by atoms with van der Waals surface area (Å²) in [6, 6.07) is 26.5. The second-order valence-corrected chi connectivity index (χ2v) is 14.0. The van der Waals surface area contributed by atoms with E-state index in [4.69, 9.17) is 4.74 Å². The molecule has 4 nitrogen and oxygen atoms in total. The smallest absolute Gasteiger partial charge is 0.305 e. The quantitative estimate of drug-likeness (QED) is 0.0710. The Kier molecular flexibility index (Phi) is 9.55. The average molecular weight is 638 g/mol. The van der Waals surface area contributed by atoms with Gasteiger partial charge in [-0.1, -0.05) is 105 Å². The third kappa shape index (κ3) is 6.05. The standard InChI is InChI=1S/C44H49N2O2/c1-7-45-36-29-27-32-20-15-17-22-34(32)41(36)43(2,3)38(45)24-12-9-8-10-13-25-39-44(4,5)42-35-23-18-16-21-33(35)28-30-37(42)46(39)31-19-11-14-26-40(47)48-6/h8-10,12-13,15-18,20-25,27-30H,7,11,14,19,26,31H2,1-6H3/q+1. The minimum Gasteiger partial charge on any atom is -0.469 e. The molecule has 0 aromatic heterocycles. The number of methoxy groups -OCH3 is 1. The molecule has 0 bridgehead atoms. The first-order valence-corrected chi connectivity index (χ1v) is 17.5.